The van der Waals surface area contributed by atoms with Gasteiger partial charge in [-0.2, -0.15) is 5.10 Å². The first-order valence-corrected chi connectivity index (χ1v) is 9.11. The van der Waals surface area contributed by atoms with Crippen LogP contribution in [0.5, 0.6) is 5.75 Å². The van der Waals surface area contributed by atoms with Crippen molar-refractivity contribution in [1.29, 1.82) is 0 Å². The van der Waals surface area contributed by atoms with Gasteiger partial charge < -0.3 is 9.15 Å². The average molecular weight is 355 g/mol. The van der Waals surface area contributed by atoms with Crippen molar-refractivity contribution in [2.75, 3.05) is 6.61 Å². The van der Waals surface area contributed by atoms with Crippen molar-refractivity contribution in [1.82, 2.24) is 4.68 Å². The topological polar surface area (TPSA) is 52.0 Å². The molecule has 25 heavy (non-hydrogen) atoms. The summed E-state index contributed by atoms with van der Waals surface area (Å²) < 4.78 is 13.0. The standard InChI is InChI=1S/C19H21N3O2S/c1-4-23-17-9-6-5-8-15(17)12-20-22-16(18-10-7-11-24-18)13-25-19(22)21-14(2)3/h5-14H,4H2,1-3H3. The Labute approximate surface area is 150 Å². The van der Waals surface area contributed by atoms with E-state index in [1.807, 2.05) is 67.2 Å². The van der Waals surface area contributed by atoms with E-state index < -0.39 is 0 Å². The molecule has 2 heterocycles. The highest BCUT2D eigenvalue weighted by atomic mass is 32.1. The van der Waals surface area contributed by atoms with Crippen molar-refractivity contribution in [3.63, 3.8) is 0 Å². The third kappa shape index (κ3) is 4.09. The first-order chi connectivity index (χ1) is 12.2. The van der Waals surface area contributed by atoms with Crippen molar-refractivity contribution < 1.29 is 9.15 Å². The second kappa shape index (κ2) is 7.98. The van der Waals surface area contributed by atoms with Crippen molar-refractivity contribution in [2.45, 2.75) is 26.8 Å². The molecular weight excluding hydrogens is 334 g/mol. The van der Waals surface area contributed by atoms with E-state index in [0.29, 0.717) is 6.61 Å². The number of rotatable bonds is 6. The first kappa shape index (κ1) is 17.2. The van der Waals surface area contributed by atoms with Crippen LogP contribution < -0.4 is 9.54 Å². The molecule has 6 heteroatoms. The van der Waals surface area contributed by atoms with E-state index in [0.717, 1.165) is 27.6 Å². The fourth-order valence-corrected chi connectivity index (χ4v) is 3.26. The SMILES string of the molecule is CCOc1ccccc1C=Nn1c(-c2ccco2)csc1=NC(C)C. The summed E-state index contributed by atoms with van der Waals surface area (Å²) >= 11 is 1.54. The maximum Gasteiger partial charge on any atom is 0.206 e. The molecule has 0 saturated carbocycles. The van der Waals surface area contributed by atoms with Gasteiger partial charge in [-0.25, -0.2) is 4.68 Å². The average Bonchev–Trinajstić information content (AvgIpc) is 3.24. The highest BCUT2D eigenvalue weighted by molar-refractivity contribution is 7.07. The molecule has 0 bridgehead atoms. The monoisotopic (exact) mass is 355 g/mol. The Kier molecular flexibility index (Phi) is 5.50. The zero-order valence-electron chi connectivity index (χ0n) is 14.5. The molecule has 0 radical (unpaired) electrons. The largest absolute Gasteiger partial charge is 0.493 e. The fraction of sp³-hybridized carbons (Fsp3) is 0.263. The number of benzene rings is 1. The summed E-state index contributed by atoms with van der Waals surface area (Å²) in [5.41, 5.74) is 1.79. The maximum absolute atomic E-state index is 5.66. The molecule has 3 aromatic rings. The minimum Gasteiger partial charge on any atom is -0.493 e. The number of para-hydroxylation sites is 1. The number of hydrogen-bond donors (Lipinski definition) is 0. The first-order valence-electron chi connectivity index (χ1n) is 8.23. The lowest BCUT2D eigenvalue weighted by Gasteiger charge is -2.06. The molecule has 0 fully saturated rings. The predicted molar refractivity (Wildman–Crippen MR) is 101 cm³/mol. The predicted octanol–water partition coefficient (Wildman–Crippen LogP) is 4.40. The van der Waals surface area contributed by atoms with E-state index in [1.54, 1.807) is 23.8 Å². The summed E-state index contributed by atoms with van der Waals surface area (Å²) in [4.78, 5) is 5.48. The van der Waals surface area contributed by atoms with E-state index in [-0.39, 0.29) is 6.04 Å². The quantitative estimate of drug-likeness (QED) is 0.615. The summed E-state index contributed by atoms with van der Waals surface area (Å²) in [6, 6.07) is 11.8. The number of hydrogen-bond acceptors (Lipinski definition) is 5. The number of furan rings is 1. The van der Waals surface area contributed by atoms with E-state index in [2.05, 4.69) is 10.1 Å². The molecule has 1 aromatic carbocycles. The second-order valence-electron chi connectivity index (χ2n) is 5.63. The van der Waals surface area contributed by atoms with Gasteiger partial charge in [0.25, 0.3) is 0 Å². The molecule has 0 unspecified atom stereocenters. The van der Waals surface area contributed by atoms with Gasteiger partial charge in [0.05, 0.1) is 19.1 Å². The lowest BCUT2D eigenvalue weighted by molar-refractivity contribution is 0.340. The summed E-state index contributed by atoms with van der Waals surface area (Å²) in [6.07, 6.45) is 3.45. The highest BCUT2D eigenvalue weighted by Gasteiger charge is 2.10. The Morgan fingerprint density at radius 3 is 2.80 bits per heavy atom. The molecule has 2 aromatic heterocycles. The van der Waals surface area contributed by atoms with E-state index >= 15 is 0 Å². The molecule has 0 aliphatic heterocycles. The van der Waals surface area contributed by atoms with E-state index in [9.17, 15) is 0 Å². The maximum atomic E-state index is 5.66. The van der Waals surface area contributed by atoms with E-state index in [1.165, 1.54) is 0 Å². The molecule has 0 aliphatic rings. The molecule has 3 rings (SSSR count). The lowest BCUT2D eigenvalue weighted by Crippen LogP contribution is -2.14. The van der Waals surface area contributed by atoms with Crippen LogP contribution in [0.3, 0.4) is 0 Å². The van der Waals surface area contributed by atoms with Crippen LogP contribution in [0.25, 0.3) is 11.5 Å². The van der Waals surface area contributed by atoms with Crippen LogP contribution in [0.15, 0.2) is 62.6 Å². The zero-order chi connectivity index (χ0) is 17.6. The van der Waals surface area contributed by atoms with Crippen molar-refractivity contribution in [3.8, 4) is 17.2 Å². The zero-order valence-corrected chi connectivity index (χ0v) is 15.4. The van der Waals surface area contributed by atoms with Crippen LogP contribution in [-0.2, 0) is 0 Å². The number of nitrogens with zero attached hydrogens (tertiary/aromatic N) is 3. The number of ether oxygens (including phenoxy) is 1. The van der Waals surface area contributed by atoms with Crippen molar-refractivity contribution in [2.24, 2.45) is 10.1 Å². The Balaban J connectivity index is 2.06. The van der Waals surface area contributed by atoms with Gasteiger partial charge in [-0.05, 0) is 45.0 Å². The number of thiazole rings is 1. The van der Waals surface area contributed by atoms with Crippen LogP contribution in [-0.4, -0.2) is 23.5 Å². The number of aromatic nitrogens is 1. The highest BCUT2D eigenvalue weighted by Crippen LogP contribution is 2.21. The van der Waals surface area contributed by atoms with Gasteiger partial charge in [-0.1, -0.05) is 12.1 Å². The normalized spacial score (nSPS) is 12.4. The summed E-state index contributed by atoms with van der Waals surface area (Å²) in [6.45, 7) is 6.67. The Bertz CT molecular complexity index is 905. The molecule has 0 saturated heterocycles. The van der Waals surface area contributed by atoms with Gasteiger partial charge in [-0.3, -0.25) is 4.99 Å². The van der Waals surface area contributed by atoms with Crippen LogP contribution in [0.4, 0.5) is 0 Å². The molecular formula is C19H21N3O2S. The Morgan fingerprint density at radius 1 is 1.24 bits per heavy atom. The van der Waals surface area contributed by atoms with Crippen LogP contribution >= 0.6 is 11.3 Å². The van der Waals surface area contributed by atoms with Gasteiger partial charge in [0.2, 0.25) is 4.80 Å². The van der Waals surface area contributed by atoms with E-state index in [4.69, 9.17) is 9.15 Å². The van der Waals surface area contributed by atoms with Gasteiger partial charge in [0.15, 0.2) is 5.76 Å². The fourth-order valence-electron chi connectivity index (χ4n) is 2.31. The molecule has 130 valence electrons. The third-order valence-corrected chi connectivity index (χ3v) is 4.19. The second-order valence-corrected chi connectivity index (χ2v) is 6.47. The van der Waals surface area contributed by atoms with Crippen LogP contribution in [0, 0.1) is 0 Å². The minimum atomic E-state index is 0.181. The van der Waals surface area contributed by atoms with Crippen molar-refractivity contribution >= 4 is 17.6 Å². The smallest absolute Gasteiger partial charge is 0.206 e. The lowest BCUT2D eigenvalue weighted by atomic mass is 10.2. The molecule has 0 N–H and O–H groups in total. The molecule has 0 aliphatic carbocycles. The summed E-state index contributed by atoms with van der Waals surface area (Å²) in [7, 11) is 0. The summed E-state index contributed by atoms with van der Waals surface area (Å²) in [5.74, 6) is 1.57. The van der Waals surface area contributed by atoms with Gasteiger partial charge >= 0.3 is 0 Å². The molecule has 5 nitrogen and oxygen atoms in total. The van der Waals surface area contributed by atoms with Gasteiger partial charge in [0, 0.05) is 17.0 Å². The van der Waals surface area contributed by atoms with Crippen LogP contribution in [0.2, 0.25) is 0 Å². The third-order valence-electron chi connectivity index (χ3n) is 3.36. The van der Waals surface area contributed by atoms with Crippen LogP contribution in [0.1, 0.15) is 26.3 Å². The van der Waals surface area contributed by atoms with Crippen molar-refractivity contribution in [3.05, 3.63) is 58.4 Å². The Morgan fingerprint density at radius 2 is 2.08 bits per heavy atom. The summed E-state index contributed by atoms with van der Waals surface area (Å²) in [5, 5.41) is 6.66. The molecule has 0 atom stereocenters. The Hall–Kier alpha value is -2.60. The molecule has 0 spiro atoms. The van der Waals surface area contributed by atoms with Gasteiger partial charge in [0.1, 0.15) is 11.4 Å². The minimum absolute atomic E-state index is 0.181. The van der Waals surface area contributed by atoms with Gasteiger partial charge in [-0.15, -0.1) is 11.3 Å². The molecule has 0 amide bonds.